The number of rotatable bonds is 5. The average Bonchev–Trinajstić information content (AvgIpc) is 2.22. The summed E-state index contributed by atoms with van der Waals surface area (Å²) >= 11 is 9.57. The Bertz CT molecular complexity index is 353. The molecule has 4 heteroatoms. The van der Waals surface area contributed by atoms with Crippen molar-refractivity contribution in [1.29, 1.82) is 0 Å². The van der Waals surface area contributed by atoms with Gasteiger partial charge in [-0.05, 0) is 38.5 Å². The van der Waals surface area contributed by atoms with Gasteiger partial charge in [0.2, 0.25) is 0 Å². The first-order valence-electron chi connectivity index (χ1n) is 5.33. The molecule has 0 saturated carbocycles. The van der Waals surface area contributed by atoms with Crippen molar-refractivity contribution in [3.8, 4) is 11.5 Å². The Kier molecular flexibility index (Phi) is 5.42. The second-order valence-corrected chi connectivity index (χ2v) is 4.81. The Labute approximate surface area is 110 Å². The van der Waals surface area contributed by atoms with E-state index in [0.29, 0.717) is 13.2 Å². The molecule has 0 saturated heterocycles. The van der Waals surface area contributed by atoms with E-state index in [1.54, 1.807) is 0 Å². The Hall–Kier alpha value is -0.410. The molecule has 0 aliphatic rings. The summed E-state index contributed by atoms with van der Waals surface area (Å²) in [6.07, 6.45) is 0. The molecule has 1 rings (SSSR count). The minimum absolute atomic E-state index is 0.0655. The Morgan fingerprint density at radius 1 is 1.19 bits per heavy atom. The molecule has 0 spiro atoms. The molecule has 0 heterocycles. The first-order valence-corrected chi connectivity index (χ1v) is 6.56. The highest BCUT2D eigenvalue weighted by atomic mass is 79.9. The summed E-state index contributed by atoms with van der Waals surface area (Å²) in [7, 11) is 0. The standard InChI is InChI=1S/C12H16BrClO2/c1-4-15-11-6-9(8(3)14)10(13)7-12(11)16-5-2/h6-8H,4-5H2,1-3H3. The SMILES string of the molecule is CCOc1cc(Br)c(C(C)Cl)cc1OCC. The van der Waals surface area contributed by atoms with Crippen molar-refractivity contribution >= 4 is 27.5 Å². The summed E-state index contributed by atoms with van der Waals surface area (Å²) < 4.78 is 12.0. The van der Waals surface area contributed by atoms with E-state index >= 15 is 0 Å². The van der Waals surface area contributed by atoms with Gasteiger partial charge >= 0.3 is 0 Å². The largest absolute Gasteiger partial charge is 0.490 e. The first kappa shape index (κ1) is 13.7. The van der Waals surface area contributed by atoms with Crippen molar-refractivity contribution in [2.45, 2.75) is 26.1 Å². The van der Waals surface area contributed by atoms with Gasteiger partial charge in [0.05, 0.1) is 18.6 Å². The van der Waals surface area contributed by atoms with Crippen LogP contribution in [-0.2, 0) is 0 Å². The second kappa shape index (κ2) is 6.36. The summed E-state index contributed by atoms with van der Waals surface area (Å²) in [5.41, 5.74) is 1.01. The smallest absolute Gasteiger partial charge is 0.162 e. The fourth-order valence-corrected chi connectivity index (χ4v) is 2.37. The van der Waals surface area contributed by atoms with Crippen LogP contribution in [0, 0.1) is 0 Å². The Balaban J connectivity index is 3.14. The fourth-order valence-electron chi connectivity index (χ4n) is 1.39. The third-order valence-corrected chi connectivity index (χ3v) is 3.01. The highest BCUT2D eigenvalue weighted by Crippen LogP contribution is 2.38. The van der Waals surface area contributed by atoms with Gasteiger partial charge in [0.15, 0.2) is 11.5 Å². The van der Waals surface area contributed by atoms with Gasteiger partial charge in [-0.2, -0.15) is 0 Å². The predicted octanol–water partition coefficient (Wildman–Crippen LogP) is 4.55. The number of hydrogen-bond donors (Lipinski definition) is 0. The van der Waals surface area contributed by atoms with Crippen molar-refractivity contribution in [3.63, 3.8) is 0 Å². The topological polar surface area (TPSA) is 18.5 Å². The molecule has 1 aromatic carbocycles. The lowest BCUT2D eigenvalue weighted by atomic mass is 10.1. The lowest BCUT2D eigenvalue weighted by Crippen LogP contribution is -2.00. The van der Waals surface area contributed by atoms with Gasteiger partial charge in [0.1, 0.15) is 0 Å². The van der Waals surface area contributed by atoms with Gasteiger partial charge in [-0.1, -0.05) is 15.9 Å². The van der Waals surface area contributed by atoms with Crippen LogP contribution in [0.25, 0.3) is 0 Å². The molecular weight excluding hydrogens is 291 g/mol. The van der Waals surface area contributed by atoms with E-state index in [4.69, 9.17) is 21.1 Å². The normalized spacial score (nSPS) is 12.3. The number of benzene rings is 1. The summed E-state index contributed by atoms with van der Waals surface area (Å²) in [4.78, 5) is 0. The van der Waals surface area contributed by atoms with Gasteiger partial charge in [-0.15, -0.1) is 11.6 Å². The van der Waals surface area contributed by atoms with Crippen LogP contribution in [0.3, 0.4) is 0 Å². The van der Waals surface area contributed by atoms with Gasteiger partial charge in [-0.25, -0.2) is 0 Å². The first-order chi connectivity index (χ1) is 7.60. The highest BCUT2D eigenvalue weighted by molar-refractivity contribution is 9.10. The maximum Gasteiger partial charge on any atom is 0.162 e. The molecule has 0 amide bonds. The van der Waals surface area contributed by atoms with Crippen LogP contribution in [0.1, 0.15) is 31.7 Å². The molecule has 0 aliphatic carbocycles. The van der Waals surface area contributed by atoms with Gasteiger partial charge in [0, 0.05) is 4.47 Å². The third-order valence-electron chi connectivity index (χ3n) is 2.09. The molecular formula is C12H16BrClO2. The summed E-state index contributed by atoms with van der Waals surface area (Å²) in [5, 5.41) is -0.0655. The number of alkyl halides is 1. The minimum atomic E-state index is -0.0655. The number of ether oxygens (including phenoxy) is 2. The maximum absolute atomic E-state index is 6.08. The molecule has 1 atom stereocenters. The van der Waals surface area contributed by atoms with E-state index in [1.165, 1.54) is 0 Å². The second-order valence-electron chi connectivity index (χ2n) is 3.30. The van der Waals surface area contributed by atoms with Crippen molar-refractivity contribution in [2.75, 3.05) is 13.2 Å². The number of hydrogen-bond acceptors (Lipinski definition) is 2. The van der Waals surface area contributed by atoms with Gasteiger partial charge in [-0.3, -0.25) is 0 Å². The average molecular weight is 308 g/mol. The zero-order valence-electron chi connectivity index (χ0n) is 9.72. The Morgan fingerprint density at radius 3 is 2.12 bits per heavy atom. The fraction of sp³-hybridized carbons (Fsp3) is 0.500. The van der Waals surface area contributed by atoms with Crippen LogP contribution in [0.15, 0.2) is 16.6 Å². The number of halogens is 2. The van der Waals surface area contributed by atoms with Gasteiger partial charge < -0.3 is 9.47 Å². The quantitative estimate of drug-likeness (QED) is 0.743. The van der Waals surface area contributed by atoms with E-state index in [1.807, 2.05) is 32.9 Å². The van der Waals surface area contributed by atoms with E-state index in [-0.39, 0.29) is 5.38 Å². The molecule has 90 valence electrons. The molecule has 0 fully saturated rings. The zero-order chi connectivity index (χ0) is 12.1. The summed E-state index contributed by atoms with van der Waals surface area (Å²) in [6.45, 7) is 7.04. The molecule has 16 heavy (non-hydrogen) atoms. The highest BCUT2D eigenvalue weighted by Gasteiger charge is 2.13. The van der Waals surface area contributed by atoms with Crippen molar-refractivity contribution < 1.29 is 9.47 Å². The zero-order valence-corrected chi connectivity index (χ0v) is 12.1. The predicted molar refractivity (Wildman–Crippen MR) is 70.7 cm³/mol. The van der Waals surface area contributed by atoms with Crippen molar-refractivity contribution in [2.24, 2.45) is 0 Å². The molecule has 1 aromatic rings. The van der Waals surface area contributed by atoms with Crippen LogP contribution >= 0.6 is 27.5 Å². The monoisotopic (exact) mass is 306 g/mol. The van der Waals surface area contributed by atoms with Crippen molar-refractivity contribution in [3.05, 3.63) is 22.2 Å². The molecule has 0 N–H and O–H groups in total. The minimum Gasteiger partial charge on any atom is -0.490 e. The molecule has 1 unspecified atom stereocenters. The maximum atomic E-state index is 6.08. The third kappa shape index (κ3) is 3.29. The molecule has 0 bridgehead atoms. The molecule has 2 nitrogen and oxygen atoms in total. The van der Waals surface area contributed by atoms with Crippen LogP contribution in [-0.4, -0.2) is 13.2 Å². The Morgan fingerprint density at radius 2 is 1.69 bits per heavy atom. The molecule has 0 aliphatic heterocycles. The van der Waals surface area contributed by atoms with E-state index in [9.17, 15) is 0 Å². The molecule has 0 aromatic heterocycles. The molecule has 0 radical (unpaired) electrons. The van der Waals surface area contributed by atoms with Crippen molar-refractivity contribution in [1.82, 2.24) is 0 Å². The van der Waals surface area contributed by atoms with E-state index in [2.05, 4.69) is 15.9 Å². The van der Waals surface area contributed by atoms with Crippen LogP contribution in [0.2, 0.25) is 0 Å². The van der Waals surface area contributed by atoms with E-state index in [0.717, 1.165) is 21.5 Å². The summed E-state index contributed by atoms with van der Waals surface area (Å²) in [6, 6.07) is 3.83. The van der Waals surface area contributed by atoms with E-state index < -0.39 is 0 Å². The van der Waals surface area contributed by atoms with Crippen LogP contribution in [0.4, 0.5) is 0 Å². The van der Waals surface area contributed by atoms with Crippen LogP contribution < -0.4 is 9.47 Å². The summed E-state index contributed by atoms with van der Waals surface area (Å²) in [5.74, 6) is 1.49. The lowest BCUT2D eigenvalue weighted by molar-refractivity contribution is 0.287. The van der Waals surface area contributed by atoms with Crippen LogP contribution in [0.5, 0.6) is 11.5 Å². The lowest BCUT2D eigenvalue weighted by Gasteiger charge is -2.15. The van der Waals surface area contributed by atoms with Gasteiger partial charge in [0.25, 0.3) is 0 Å².